The molecule has 1 aromatic heterocycles. The van der Waals surface area contributed by atoms with Gasteiger partial charge in [0, 0.05) is 36.9 Å². The van der Waals surface area contributed by atoms with Crippen molar-refractivity contribution in [2.75, 3.05) is 19.7 Å². The molecule has 1 aliphatic rings. The van der Waals surface area contributed by atoms with Crippen molar-refractivity contribution in [2.24, 2.45) is 0 Å². The molecule has 6 heteroatoms. The fraction of sp³-hybridized carbons (Fsp3) is 0.733. The zero-order chi connectivity index (χ0) is 15.8. The van der Waals surface area contributed by atoms with E-state index in [0.29, 0.717) is 0 Å². The highest BCUT2D eigenvalue weighted by Gasteiger charge is 2.43. The van der Waals surface area contributed by atoms with Gasteiger partial charge < -0.3 is 9.84 Å². The van der Waals surface area contributed by atoms with Crippen LogP contribution in [0.5, 0.6) is 0 Å². The van der Waals surface area contributed by atoms with Crippen molar-refractivity contribution in [3.8, 4) is 0 Å². The van der Waals surface area contributed by atoms with E-state index >= 15 is 0 Å². The minimum Gasteiger partial charge on any atom is -0.480 e. The van der Waals surface area contributed by atoms with Crippen LogP contribution in [0.3, 0.4) is 0 Å². The molecule has 6 nitrogen and oxygen atoms in total. The predicted molar refractivity (Wildman–Crippen MR) is 79.4 cm³/mol. The summed E-state index contributed by atoms with van der Waals surface area (Å²) >= 11 is 0. The molecular formula is C15H25N3O3. The topological polar surface area (TPSA) is 67.6 Å². The molecule has 1 unspecified atom stereocenters. The summed E-state index contributed by atoms with van der Waals surface area (Å²) in [4.78, 5) is 12.9. The second kappa shape index (κ2) is 5.77. The molecule has 1 aromatic rings. The van der Waals surface area contributed by atoms with Crippen LogP contribution >= 0.6 is 0 Å². The monoisotopic (exact) mass is 295 g/mol. The molecule has 1 fully saturated rings. The van der Waals surface area contributed by atoms with Crippen LogP contribution in [0.25, 0.3) is 0 Å². The number of likely N-dealkylation sites (tertiary alicyclic amines) is 1. The number of ether oxygens (including phenoxy) is 1. The van der Waals surface area contributed by atoms with Gasteiger partial charge in [-0.1, -0.05) is 0 Å². The fourth-order valence-electron chi connectivity index (χ4n) is 3.22. The number of aryl methyl sites for hydroxylation is 2. The quantitative estimate of drug-likeness (QED) is 0.866. The Morgan fingerprint density at radius 1 is 1.48 bits per heavy atom. The summed E-state index contributed by atoms with van der Waals surface area (Å²) in [7, 11) is 0. The Bertz CT molecular complexity index is 533. The van der Waals surface area contributed by atoms with Crippen LogP contribution in [0.1, 0.15) is 43.8 Å². The Morgan fingerprint density at radius 3 is 2.57 bits per heavy atom. The average Bonchev–Trinajstić information content (AvgIpc) is 2.67. The first-order valence-corrected chi connectivity index (χ1v) is 7.41. The Labute approximate surface area is 125 Å². The van der Waals surface area contributed by atoms with E-state index in [4.69, 9.17) is 9.84 Å². The van der Waals surface area contributed by atoms with Gasteiger partial charge in [-0.2, -0.15) is 5.10 Å². The second-order valence-corrected chi connectivity index (χ2v) is 6.11. The lowest BCUT2D eigenvalue weighted by Gasteiger charge is -2.50. The van der Waals surface area contributed by atoms with Crippen molar-refractivity contribution < 1.29 is 14.6 Å². The number of hydrogen-bond acceptors (Lipinski definition) is 4. The summed E-state index contributed by atoms with van der Waals surface area (Å²) in [6, 6.07) is 0.270. The third kappa shape index (κ3) is 3.11. The average molecular weight is 295 g/mol. The van der Waals surface area contributed by atoms with Gasteiger partial charge in [0.15, 0.2) is 0 Å². The first-order chi connectivity index (χ1) is 9.77. The van der Waals surface area contributed by atoms with Gasteiger partial charge in [-0.05, 0) is 34.6 Å². The lowest BCUT2D eigenvalue weighted by Crippen LogP contribution is -2.62. The number of carboxylic acids is 1. The number of carbonyl (C=O) groups is 1. The summed E-state index contributed by atoms with van der Waals surface area (Å²) < 4.78 is 7.50. The molecule has 0 spiro atoms. The van der Waals surface area contributed by atoms with Gasteiger partial charge in [0.05, 0.1) is 11.3 Å². The number of aromatic nitrogens is 2. The Balaban J connectivity index is 2.02. The van der Waals surface area contributed by atoms with Gasteiger partial charge in [-0.15, -0.1) is 0 Å². The van der Waals surface area contributed by atoms with E-state index in [1.165, 1.54) is 11.3 Å². The van der Waals surface area contributed by atoms with Crippen LogP contribution in [-0.2, 0) is 16.1 Å². The maximum atomic E-state index is 10.6. The van der Waals surface area contributed by atoms with Gasteiger partial charge in [-0.3, -0.25) is 9.58 Å². The number of aliphatic carboxylic acids is 1. The molecule has 1 atom stereocenters. The first kappa shape index (κ1) is 16.0. The summed E-state index contributed by atoms with van der Waals surface area (Å²) in [5.41, 5.74) is 3.21. The van der Waals surface area contributed by atoms with Crippen molar-refractivity contribution in [3.05, 3.63) is 17.0 Å². The van der Waals surface area contributed by atoms with E-state index in [9.17, 15) is 4.79 Å². The number of carboxylic acid groups (broad SMARTS) is 1. The molecule has 118 valence electrons. The first-order valence-electron chi connectivity index (χ1n) is 7.41. The molecule has 2 heterocycles. The zero-order valence-corrected chi connectivity index (χ0v) is 13.5. The summed E-state index contributed by atoms with van der Waals surface area (Å²) in [5, 5.41) is 13.3. The molecule has 0 amide bonds. The van der Waals surface area contributed by atoms with Crippen molar-refractivity contribution in [1.29, 1.82) is 0 Å². The largest absolute Gasteiger partial charge is 0.480 e. The minimum absolute atomic E-state index is 0.232. The molecule has 0 aliphatic carbocycles. The van der Waals surface area contributed by atoms with Crippen molar-refractivity contribution >= 4 is 5.97 Å². The predicted octanol–water partition coefficient (Wildman–Crippen LogP) is 1.76. The molecule has 2 rings (SSSR count). The Kier molecular flexibility index (Phi) is 4.39. The van der Waals surface area contributed by atoms with Gasteiger partial charge in [-0.25, -0.2) is 4.79 Å². The van der Waals surface area contributed by atoms with Gasteiger partial charge in [0.25, 0.3) is 0 Å². The Hall–Kier alpha value is -1.40. The molecular weight excluding hydrogens is 270 g/mol. The van der Waals surface area contributed by atoms with E-state index in [1.807, 2.05) is 18.5 Å². The van der Waals surface area contributed by atoms with E-state index < -0.39 is 5.97 Å². The van der Waals surface area contributed by atoms with Gasteiger partial charge in [0.1, 0.15) is 6.61 Å². The molecule has 0 bridgehead atoms. The third-order valence-corrected chi connectivity index (χ3v) is 4.32. The van der Waals surface area contributed by atoms with Crippen LogP contribution in [-0.4, -0.2) is 51.1 Å². The molecule has 0 aromatic carbocycles. The van der Waals surface area contributed by atoms with Crippen LogP contribution in [0.2, 0.25) is 0 Å². The van der Waals surface area contributed by atoms with Crippen LogP contribution in [0, 0.1) is 13.8 Å². The van der Waals surface area contributed by atoms with Crippen LogP contribution in [0.15, 0.2) is 0 Å². The van der Waals surface area contributed by atoms with Gasteiger partial charge in [0.2, 0.25) is 0 Å². The molecule has 0 radical (unpaired) electrons. The minimum atomic E-state index is -0.918. The third-order valence-electron chi connectivity index (χ3n) is 4.32. The maximum absolute atomic E-state index is 10.6. The number of rotatable bonds is 6. The van der Waals surface area contributed by atoms with E-state index in [0.717, 1.165) is 25.3 Å². The summed E-state index contributed by atoms with van der Waals surface area (Å²) in [5.74, 6) is -0.918. The van der Waals surface area contributed by atoms with Crippen molar-refractivity contribution in [1.82, 2.24) is 14.7 Å². The fourth-order valence-corrected chi connectivity index (χ4v) is 3.22. The van der Waals surface area contributed by atoms with Crippen LogP contribution < -0.4 is 0 Å². The summed E-state index contributed by atoms with van der Waals surface area (Å²) in [6.45, 7) is 12.5. The lowest BCUT2D eigenvalue weighted by molar-refractivity contribution is -0.169. The summed E-state index contributed by atoms with van der Waals surface area (Å²) in [6.07, 6.45) is 0. The van der Waals surface area contributed by atoms with Crippen molar-refractivity contribution in [3.63, 3.8) is 0 Å². The van der Waals surface area contributed by atoms with Crippen molar-refractivity contribution in [2.45, 2.75) is 52.8 Å². The maximum Gasteiger partial charge on any atom is 0.329 e. The van der Waals surface area contributed by atoms with Gasteiger partial charge >= 0.3 is 5.97 Å². The van der Waals surface area contributed by atoms with E-state index in [2.05, 4.69) is 30.8 Å². The van der Waals surface area contributed by atoms with E-state index in [1.54, 1.807) is 0 Å². The van der Waals surface area contributed by atoms with Crippen LogP contribution in [0.4, 0.5) is 0 Å². The molecule has 1 aliphatic heterocycles. The molecule has 21 heavy (non-hydrogen) atoms. The molecule has 1 saturated heterocycles. The van der Waals surface area contributed by atoms with E-state index in [-0.39, 0.29) is 18.2 Å². The SMILES string of the molecule is CCn1nc(C)c(C(C)N2CC(C)(OCC(=O)O)C2)c1C. The standard InChI is InChI=1S/C15H25N3O3/c1-6-18-12(4)14(10(2)16-18)11(3)17-8-15(5,9-17)21-7-13(19)20/h11H,6-9H2,1-5H3,(H,19,20). The number of nitrogens with zero attached hydrogens (tertiary/aromatic N) is 3. The molecule has 0 saturated carbocycles. The zero-order valence-electron chi connectivity index (χ0n) is 13.5. The Morgan fingerprint density at radius 2 is 2.10 bits per heavy atom. The smallest absolute Gasteiger partial charge is 0.329 e. The number of hydrogen-bond donors (Lipinski definition) is 1. The normalized spacial score (nSPS) is 19.3. The second-order valence-electron chi connectivity index (χ2n) is 6.11. The highest BCUT2D eigenvalue weighted by Crippen LogP contribution is 2.35. The highest BCUT2D eigenvalue weighted by atomic mass is 16.5. The molecule has 1 N–H and O–H groups in total. The lowest BCUT2D eigenvalue weighted by atomic mass is 9.91. The highest BCUT2D eigenvalue weighted by molar-refractivity contribution is 5.68.